The first-order valence-corrected chi connectivity index (χ1v) is 15.4. The molecule has 2 rings (SSSR count). The van der Waals surface area contributed by atoms with Gasteiger partial charge in [-0.25, -0.2) is 4.79 Å². The van der Waals surface area contributed by atoms with Gasteiger partial charge < -0.3 is 19.1 Å². The molecule has 0 spiro atoms. The first-order chi connectivity index (χ1) is 19.8. The van der Waals surface area contributed by atoms with E-state index >= 15 is 0 Å². The Balaban J connectivity index is 1.66. The number of hydrogen-bond acceptors (Lipinski definition) is 6. The van der Waals surface area contributed by atoms with Gasteiger partial charge in [0.1, 0.15) is 5.75 Å². The van der Waals surface area contributed by atoms with Crippen molar-refractivity contribution in [1.82, 2.24) is 9.47 Å². The average molecular weight is 569 g/mol. The van der Waals surface area contributed by atoms with Gasteiger partial charge in [0, 0.05) is 31.5 Å². The van der Waals surface area contributed by atoms with Crippen LogP contribution < -0.4 is 4.74 Å². The fourth-order valence-electron chi connectivity index (χ4n) is 4.65. The van der Waals surface area contributed by atoms with Gasteiger partial charge in [-0.2, -0.15) is 0 Å². The highest BCUT2D eigenvalue weighted by atomic mass is 16.7. The summed E-state index contributed by atoms with van der Waals surface area (Å²) in [5, 5.41) is 0.939. The zero-order chi connectivity index (χ0) is 29.9. The van der Waals surface area contributed by atoms with Gasteiger partial charge >= 0.3 is 12.1 Å². The molecular weight excluding hydrogens is 516 g/mol. The van der Waals surface area contributed by atoms with E-state index in [0.29, 0.717) is 6.42 Å². The van der Waals surface area contributed by atoms with Crippen molar-refractivity contribution < 1.29 is 23.8 Å². The highest BCUT2D eigenvalue weighted by Gasteiger charge is 2.19. The number of methoxy groups -OCH3 is 1. The van der Waals surface area contributed by atoms with Crippen LogP contribution in [-0.2, 0) is 20.7 Å². The van der Waals surface area contributed by atoms with E-state index < -0.39 is 12.4 Å². The number of esters is 1. The van der Waals surface area contributed by atoms with Crippen LogP contribution in [0.3, 0.4) is 0 Å². The van der Waals surface area contributed by atoms with Gasteiger partial charge in [-0.05, 0) is 82.8 Å². The first kappa shape index (κ1) is 34.1. The number of rotatable bonds is 20. The third-order valence-corrected chi connectivity index (χ3v) is 7.01. The van der Waals surface area contributed by atoms with Crippen molar-refractivity contribution >= 4 is 23.0 Å². The standard InChI is InChI=1S/C34H52N2O5/c1-6-7-8-9-10-11-12-13-14-15-16-17-18-19-20-21-33(37)40-28(2)41-34(38)36-27-29(24-25-35(3)4)31-26-30(39-5)22-23-32(31)36/h10-11,13-14,22-23,26-28H,6-9,12,15-21,24-25H2,1-5H3/b11-10-,14-13-/t28-/m1/s1. The molecule has 1 atom stereocenters. The molecule has 7 heteroatoms. The summed E-state index contributed by atoms with van der Waals surface area (Å²) in [7, 11) is 5.65. The van der Waals surface area contributed by atoms with Crippen LogP contribution in [-0.4, -0.2) is 55.6 Å². The molecule has 0 aliphatic rings. The largest absolute Gasteiger partial charge is 0.497 e. The van der Waals surface area contributed by atoms with Crippen molar-refractivity contribution in [3.63, 3.8) is 0 Å². The van der Waals surface area contributed by atoms with Gasteiger partial charge in [0.05, 0.1) is 12.6 Å². The summed E-state index contributed by atoms with van der Waals surface area (Å²) in [6, 6.07) is 5.59. The molecule has 0 bridgehead atoms. The molecule has 0 amide bonds. The van der Waals surface area contributed by atoms with Crippen molar-refractivity contribution in [3.05, 3.63) is 54.3 Å². The maximum atomic E-state index is 13.0. The van der Waals surface area contributed by atoms with E-state index in [1.807, 2.05) is 32.3 Å². The molecule has 0 aliphatic carbocycles. The molecule has 0 radical (unpaired) electrons. The molecule has 1 heterocycles. The van der Waals surface area contributed by atoms with E-state index in [4.69, 9.17) is 14.2 Å². The number of carbonyl (C=O) groups is 2. The van der Waals surface area contributed by atoms with Gasteiger partial charge in [-0.15, -0.1) is 0 Å². The number of unbranched alkanes of at least 4 members (excludes halogenated alkanes) is 8. The second-order valence-electron chi connectivity index (χ2n) is 10.9. The second kappa shape index (κ2) is 19.9. The average Bonchev–Trinajstić information content (AvgIpc) is 3.31. The fourth-order valence-corrected chi connectivity index (χ4v) is 4.65. The summed E-state index contributed by atoms with van der Waals surface area (Å²) in [5.41, 5.74) is 1.75. The maximum Gasteiger partial charge on any atom is 0.421 e. The lowest BCUT2D eigenvalue weighted by Crippen LogP contribution is -2.24. The Morgan fingerprint density at radius 3 is 2.29 bits per heavy atom. The normalized spacial score (nSPS) is 12.5. The minimum Gasteiger partial charge on any atom is -0.497 e. The molecule has 1 aromatic carbocycles. The van der Waals surface area contributed by atoms with Gasteiger partial charge in [0.15, 0.2) is 0 Å². The molecule has 228 valence electrons. The Bertz CT molecular complexity index is 1100. The predicted molar refractivity (Wildman–Crippen MR) is 168 cm³/mol. The SMILES string of the molecule is CCCCC/C=C\C/C=C\CCCCCCCC(=O)O[C@@H](C)OC(=O)n1cc(CCN(C)C)c2cc(OC)ccc21. The number of fused-ring (bicyclic) bond motifs is 1. The van der Waals surface area contributed by atoms with Crippen molar-refractivity contribution in [3.8, 4) is 5.75 Å². The lowest BCUT2D eigenvalue weighted by molar-refractivity contribution is -0.164. The van der Waals surface area contributed by atoms with Crippen LogP contribution in [0.25, 0.3) is 10.9 Å². The topological polar surface area (TPSA) is 70.0 Å². The number of likely N-dealkylation sites (N-methyl/N-ethyl adjacent to an activating group) is 1. The third-order valence-electron chi connectivity index (χ3n) is 7.01. The molecule has 7 nitrogen and oxygen atoms in total. The lowest BCUT2D eigenvalue weighted by Gasteiger charge is -2.14. The molecular formula is C34H52N2O5. The van der Waals surface area contributed by atoms with Crippen molar-refractivity contribution in [2.24, 2.45) is 0 Å². The highest BCUT2D eigenvalue weighted by Crippen LogP contribution is 2.27. The van der Waals surface area contributed by atoms with Gasteiger partial charge in [0.2, 0.25) is 6.29 Å². The third kappa shape index (κ3) is 13.4. The number of hydrogen-bond donors (Lipinski definition) is 0. The first-order valence-electron chi connectivity index (χ1n) is 15.4. The van der Waals surface area contributed by atoms with Crippen molar-refractivity contribution in [2.45, 2.75) is 104 Å². The molecule has 0 saturated carbocycles. The smallest absolute Gasteiger partial charge is 0.421 e. The summed E-state index contributed by atoms with van der Waals surface area (Å²) >= 11 is 0. The van der Waals surface area contributed by atoms with E-state index in [2.05, 4.69) is 36.1 Å². The monoisotopic (exact) mass is 568 g/mol. The Labute approximate surface area is 247 Å². The predicted octanol–water partition coefficient (Wildman–Crippen LogP) is 8.44. The summed E-state index contributed by atoms with van der Waals surface area (Å²) in [6.45, 7) is 4.65. The molecule has 0 unspecified atom stereocenters. The van der Waals surface area contributed by atoms with Crippen LogP contribution in [0.15, 0.2) is 48.7 Å². The van der Waals surface area contributed by atoms with Crippen LogP contribution in [0.5, 0.6) is 5.75 Å². The molecule has 0 fully saturated rings. The molecule has 1 aromatic heterocycles. The molecule has 41 heavy (non-hydrogen) atoms. The Morgan fingerprint density at radius 2 is 1.61 bits per heavy atom. The minimum absolute atomic E-state index is 0.327. The van der Waals surface area contributed by atoms with Crippen LogP contribution >= 0.6 is 0 Å². The van der Waals surface area contributed by atoms with Crippen LogP contribution in [0, 0.1) is 0 Å². The van der Waals surface area contributed by atoms with Gasteiger partial charge in [-0.3, -0.25) is 9.36 Å². The van der Waals surface area contributed by atoms with E-state index in [9.17, 15) is 9.59 Å². The number of ether oxygens (including phenoxy) is 3. The van der Waals surface area contributed by atoms with E-state index in [1.165, 1.54) is 36.7 Å². The van der Waals surface area contributed by atoms with Crippen molar-refractivity contribution in [2.75, 3.05) is 27.7 Å². The van der Waals surface area contributed by atoms with E-state index in [0.717, 1.165) is 73.7 Å². The Morgan fingerprint density at radius 1 is 0.927 bits per heavy atom. The van der Waals surface area contributed by atoms with Crippen molar-refractivity contribution in [1.29, 1.82) is 0 Å². The van der Waals surface area contributed by atoms with Crippen LogP contribution in [0.1, 0.15) is 96.5 Å². The Kier molecular flexibility index (Phi) is 16.6. The van der Waals surface area contributed by atoms with Crippen LogP contribution in [0.2, 0.25) is 0 Å². The summed E-state index contributed by atoms with van der Waals surface area (Å²) in [5.74, 6) is 0.384. The molecule has 0 saturated heterocycles. The van der Waals surface area contributed by atoms with E-state index in [-0.39, 0.29) is 5.97 Å². The maximum absolute atomic E-state index is 13.0. The number of allylic oxidation sites excluding steroid dienone is 4. The second-order valence-corrected chi connectivity index (χ2v) is 10.9. The fraction of sp³-hybridized carbons (Fsp3) is 0.588. The van der Waals surface area contributed by atoms with Gasteiger partial charge in [0.25, 0.3) is 0 Å². The Hall–Kier alpha value is -3.06. The highest BCUT2D eigenvalue weighted by molar-refractivity contribution is 5.93. The summed E-state index contributed by atoms with van der Waals surface area (Å²) in [4.78, 5) is 27.3. The minimum atomic E-state index is -0.964. The lowest BCUT2D eigenvalue weighted by atomic mass is 10.1. The van der Waals surface area contributed by atoms with Crippen LogP contribution in [0.4, 0.5) is 4.79 Å². The number of carbonyl (C=O) groups excluding carboxylic acids is 2. The number of nitrogens with zero attached hydrogens (tertiary/aromatic N) is 2. The van der Waals surface area contributed by atoms with E-state index in [1.54, 1.807) is 20.2 Å². The molecule has 0 N–H and O–H groups in total. The zero-order valence-electron chi connectivity index (χ0n) is 26.0. The van der Waals surface area contributed by atoms with Gasteiger partial charge in [-0.1, -0.05) is 63.3 Å². The molecule has 2 aromatic rings. The zero-order valence-corrected chi connectivity index (χ0v) is 26.0. The quantitative estimate of drug-likeness (QED) is 0.0691. The molecule has 0 aliphatic heterocycles. The number of benzene rings is 1. The summed E-state index contributed by atoms with van der Waals surface area (Å²) < 4.78 is 17.7. The number of aromatic nitrogens is 1. The summed E-state index contributed by atoms with van der Waals surface area (Å²) in [6.07, 6.45) is 22.8.